The van der Waals surface area contributed by atoms with Crippen LogP contribution in [0.3, 0.4) is 0 Å². The van der Waals surface area contributed by atoms with Crippen LogP contribution in [0.2, 0.25) is 0 Å². The Balaban J connectivity index is 1.74. The molecule has 3 heteroatoms. The van der Waals surface area contributed by atoms with Gasteiger partial charge in [0, 0.05) is 18.4 Å². The molecule has 1 N–H and O–H groups in total. The fraction of sp³-hybridized carbons (Fsp3) is 0.810. The van der Waals surface area contributed by atoms with Crippen molar-refractivity contribution in [2.75, 3.05) is 0 Å². The Bertz CT molecular complexity index is 635. The predicted octanol–water partition coefficient (Wildman–Crippen LogP) is 3.84. The van der Waals surface area contributed by atoms with Crippen LogP contribution in [0, 0.1) is 28.6 Å². The average Bonchev–Trinajstić information content (AvgIpc) is 2.82. The van der Waals surface area contributed by atoms with E-state index < -0.39 is 5.60 Å². The summed E-state index contributed by atoms with van der Waals surface area (Å²) in [5, 5.41) is 11.2. The Morgan fingerprint density at radius 3 is 2.54 bits per heavy atom. The minimum atomic E-state index is -0.564. The maximum Gasteiger partial charge on any atom is 0.159 e. The summed E-state index contributed by atoms with van der Waals surface area (Å²) in [5.41, 5.74) is 0.0749. The van der Waals surface area contributed by atoms with Gasteiger partial charge in [0.05, 0.1) is 5.60 Å². The molecule has 24 heavy (non-hydrogen) atoms. The van der Waals surface area contributed by atoms with Crippen LogP contribution in [0.25, 0.3) is 0 Å². The lowest BCUT2D eigenvalue weighted by atomic mass is 9.46. The maximum atomic E-state index is 12.9. The first-order valence-electron chi connectivity index (χ1n) is 9.76. The summed E-state index contributed by atoms with van der Waals surface area (Å²) >= 11 is 0. The molecule has 0 aromatic carbocycles. The molecule has 0 saturated heterocycles. The smallest absolute Gasteiger partial charge is 0.159 e. The van der Waals surface area contributed by atoms with Crippen LogP contribution in [0.15, 0.2) is 11.6 Å². The van der Waals surface area contributed by atoms with Crippen molar-refractivity contribution in [3.8, 4) is 0 Å². The third kappa shape index (κ3) is 1.88. The van der Waals surface area contributed by atoms with Gasteiger partial charge in [-0.3, -0.25) is 9.59 Å². The van der Waals surface area contributed by atoms with Gasteiger partial charge in [-0.1, -0.05) is 20.8 Å². The zero-order valence-corrected chi connectivity index (χ0v) is 15.2. The third-order valence-electron chi connectivity index (χ3n) is 8.69. The first-order chi connectivity index (χ1) is 11.2. The molecule has 0 heterocycles. The van der Waals surface area contributed by atoms with Crippen LogP contribution >= 0.6 is 0 Å². The summed E-state index contributed by atoms with van der Waals surface area (Å²) in [6, 6.07) is 0. The molecule has 0 aromatic heterocycles. The van der Waals surface area contributed by atoms with Crippen molar-refractivity contribution in [2.24, 2.45) is 28.6 Å². The van der Waals surface area contributed by atoms with Crippen molar-refractivity contribution in [1.29, 1.82) is 0 Å². The maximum absolute atomic E-state index is 12.9. The van der Waals surface area contributed by atoms with Gasteiger partial charge >= 0.3 is 0 Å². The van der Waals surface area contributed by atoms with E-state index in [4.69, 9.17) is 0 Å². The molecule has 6 atom stereocenters. The van der Waals surface area contributed by atoms with Gasteiger partial charge in [0.15, 0.2) is 11.6 Å². The first-order valence-corrected chi connectivity index (χ1v) is 9.76. The first kappa shape index (κ1) is 16.5. The van der Waals surface area contributed by atoms with Gasteiger partial charge in [0.1, 0.15) is 0 Å². The van der Waals surface area contributed by atoms with Crippen LogP contribution in [0.1, 0.15) is 72.1 Å². The predicted molar refractivity (Wildman–Crippen MR) is 92.3 cm³/mol. The molecule has 0 aliphatic heterocycles. The number of fused-ring (bicyclic) bond motifs is 5. The van der Waals surface area contributed by atoms with Crippen LogP contribution < -0.4 is 0 Å². The van der Waals surface area contributed by atoms with E-state index in [1.165, 1.54) is 0 Å². The van der Waals surface area contributed by atoms with Gasteiger partial charge in [0.25, 0.3) is 0 Å². The largest absolute Gasteiger partial charge is 0.389 e. The van der Waals surface area contributed by atoms with Crippen LogP contribution in [-0.4, -0.2) is 22.3 Å². The van der Waals surface area contributed by atoms with Crippen LogP contribution in [0.4, 0.5) is 0 Å². The van der Waals surface area contributed by atoms with E-state index in [-0.39, 0.29) is 22.4 Å². The topological polar surface area (TPSA) is 54.4 Å². The van der Waals surface area contributed by atoms with Crippen molar-refractivity contribution >= 4 is 11.6 Å². The van der Waals surface area contributed by atoms with Crippen molar-refractivity contribution in [1.82, 2.24) is 0 Å². The highest BCUT2D eigenvalue weighted by molar-refractivity contribution is 6.05. The fourth-order valence-electron chi connectivity index (χ4n) is 7.08. The number of carbonyl (C=O) groups is 2. The summed E-state index contributed by atoms with van der Waals surface area (Å²) in [6.45, 7) is 6.59. The van der Waals surface area contributed by atoms with Crippen molar-refractivity contribution in [3.63, 3.8) is 0 Å². The highest BCUT2D eigenvalue weighted by atomic mass is 16.3. The van der Waals surface area contributed by atoms with E-state index in [9.17, 15) is 14.7 Å². The summed E-state index contributed by atoms with van der Waals surface area (Å²) in [5.74, 6) is 1.64. The Hall–Kier alpha value is -0.960. The number of carbonyl (C=O) groups excluding carboxylic acids is 2. The van der Waals surface area contributed by atoms with E-state index >= 15 is 0 Å². The molecule has 0 bridgehead atoms. The van der Waals surface area contributed by atoms with E-state index in [0.29, 0.717) is 30.6 Å². The molecule has 0 radical (unpaired) electrons. The van der Waals surface area contributed by atoms with Crippen molar-refractivity contribution in [3.05, 3.63) is 11.6 Å². The van der Waals surface area contributed by atoms with Gasteiger partial charge in [-0.15, -0.1) is 0 Å². The Morgan fingerprint density at radius 2 is 1.83 bits per heavy atom. The molecule has 3 saturated carbocycles. The molecular weight excluding hydrogens is 300 g/mol. The van der Waals surface area contributed by atoms with E-state index in [0.717, 1.165) is 44.1 Å². The van der Waals surface area contributed by atoms with E-state index in [1.54, 1.807) is 6.08 Å². The molecule has 0 amide bonds. The number of aliphatic hydroxyl groups is 1. The monoisotopic (exact) mass is 330 g/mol. The lowest BCUT2D eigenvalue weighted by Gasteiger charge is -2.58. The molecule has 4 rings (SSSR count). The molecule has 3 fully saturated rings. The Kier molecular flexibility index (Phi) is 3.46. The van der Waals surface area contributed by atoms with Gasteiger partial charge < -0.3 is 5.11 Å². The van der Waals surface area contributed by atoms with Crippen molar-refractivity contribution in [2.45, 2.75) is 77.7 Å². The van der Waals surface area contributed by atoms with Gasteiger partial charge in [0.2, 0.25) is 0 Å². The molecule has 0 aromatic rings. The lowest BCUT2D eigenvalue weighted by Crippen LogP contribution is -2.56. The minimum absolute atomic E-state index is 0.0503. The van der Waals surface area contributed by atoms with Crippen molar-refractivity contribution < 1.29 is 14.7 Å². The second-order valence-electron chi connectivity index (χ2n) is 9.33. The van der Waals surface area contributed by atoms with Gasteiger partial charge in [-0.2, -0.15) is 0 Å². The molecule has 4 aliphatic carbocycles. The number of Topliss-reactive ketones (excluding diaryl/α,β-unsaturated/α-hetero) is 1. The average molecular weight is 330 g/mol. The zero-order chi connectivity index (χ0) is 17.3. The number of ketones is 2. The SMILES string of the molecule is CC[C@]1(O)CC[C@H]2[C@@H]3CC(=O)C4=CC(=O)CC[C@]4(C)[C@H]3CC[C@@]21C. The molecule has 132 valence electrons. The quantitative estimate of drug-likeness (QED) is 0.795. The second kappa shape index (κ2) is 5.03. The minimum Gasteiger partial charge on any atom is -0.389 e. The molecular formula is C21H30O3. The summed E-state index contributed by atoms with van der Waals surface area (Å²) in [7, 11) is 0. The van der Waals surface area contributed by atoms with Crippen LogP contribution in [-0.2, 0) is 9.59 Å². The second-order valence-corrected chi connectivity index (χ2v) is 9.33. The number of hydrogen-bond donors (Lipinski definition) is 1. The molecule has 3 nitrogen and oxygen atoms in total. The summed E-state index contributed by atoms with van der Waals surface area (Å²) in [4.78, 5) is 24.7. The lowest BCUT2D eigenvalue weighted by molar-refractivity contribution is -0.143. The standard InChI is InChI=1S/C21H30O3/c1-4-21(24)10-7-16-14-12-18(23)17-11-13(22)5-8-19(17,2)15(14)6-9-20(16,21)3/h11,14-16,24H,4-10,12H2,1-3H3/t14-,15+,16+,19-,20+,21+/m1/s1. The highest BCUT2D eigenvalue weighted by Gasteiger charge is 2.64. The highest BCUT2D eigenvalue weighted by Crippen LogP contribution is 2.67. The summed E-state index contributed by atoms with van der Waals surface area (Å²) < 4.78 is 0. The number of rotatable bonds is 1. The Morgan fingerprint density at radius 1 is 1.12 bits per heavy atom. The number of hydrogen-bond acceptors (Lipinski definition) is 3. The van der Waals surface area contributed by atoms with E-state index in [2.05, 4.69) is 20.8 Å². The van der Waals surface area contributed by atoms with Gasteiger partial charge in [-0.05, 0) is 73.2 Å². The zero-order valence-electron chi connectivity index (χ0n) is 15.2. The molecule has 0 unspecified atom stereocenters. The number of allylic oxidation sites excluding steroid dienone is 1. The third-order valence-corrected chi connectivity index (χ3v) is 8.69. The molecule has 4 aliphatic rings. The normalized spacial score (nSPS) is 50.8. The fourth-order valence-corrected chi connectivity index (χ4v) is 7.08. The van der Waals surface area contributed by atoms with Crippen LogP contribution in [0.5, 0.6) is 0 Å². The Labute approximate surface area is 144 Å². The van der Waals surface area contributed by atoms with E-state index in [1.807, 2.05) is 0 Å². The van der Waals surface area contributed by atoms with Gasteiger partial charge in [-0.25, -0.2) is 0 Å². The summed E-state index contributed by atoms with van der Waals surface area (Å²) in [6.07, 6.45) is 8.50. The molecule has 0 spiro atoms.